The predicted molar refractivity (Wildman–Crippen MR) is 84.8 cm³/mol. The Morgan fingerprint density at radius 3 is 2.45 bits per heavy atom. The monoisotopic (exact) mass is 290 g/mol. The number of furan rings is 1. The Balaban J connectivity index is 1.87. The molecule has 0 aliphatic carbocycles. The van der Waals surface area contributed by atoms with Crippen molar-refractivity contribution >= 4 is 17.3 Å². The zero-order chi connectivity index (χ0) is 14.9. The third-order valence-corrected chi connectivity index (χ3v) is 3.77. The number of nitrogens with zero attached hydrogens (tertiary/aromatic N) is 1. The maximum Gasteiger partial charge on any atom is 0.262 e. The Morgan fingerprint density at radius 1 is 0.909 bits per heavy atom. The lowest BCUT2D eigenvalue weighted by Crippen LogP contribution is -2.43. The smallest absolute Gasteiger partial charge is 0.262 e. The number of carbonyl (C=O) groups excluding carboxylic acids is 1. The average molecular weight is 290 g/mol. The summed E-state index contributed by atoms with van der Waals surface area (Å²) < 4.78 is 5.53. The maximum absolute atomic E-state index is 13.0. The Morgan fingerprint density at radius 2 is 1.68 bits per heavy atom. The molecule has 2 heterocycles. The van der Waals surface area contributed by atoms with Crippen LogP contribution in [0.1, 0.15) is 22.3 Å². The average Bonchev–Trinajstić information content (AvgIpc) is 3.10. The van der Waals surface area contributed by atoms with Crippen LogP contribution in [0.4, 0.5) is 11.4 Å². The summed E-state index contributed by atoms with van der Waals surface area (Å²) in [5.41, 5.74) is 2.31. The highest BCUT2D eigenvalue weighted by Crippen LogP contribution is 2.36. The Bertz CT molecular complexity index is 797. The third kappa shape index (κ3) is 1.97. The molecule has 1 amide bonds. The first-order valence-corrected chi connectivity index (χ1v) is 7.12. The van der Waals surface area contributed by atoms with E-state index in [9.17, 15) is 4.79 Å². The second-order valence-corrected chi connectivity index (χ2v) is 5.12. The molecule has 0 saturated carbocycles. The largest absolute Gasteiger partial charge is 0.465 e. The van der Waals surface area contributed by atoms with Crippen molar-refractivity contribution in [2.45, 2.75) is 6.17 Å². The number of hydrogen-bond donors (Lipinski definition) is 1. The van der Waals surface area contributed by atoms with E-state index in [-0.39, 0.29) is 12.1 Å². The summed E-state index contributed by atoms with van der Waals surface area (Å²) in [4.78, 5) is 14.7. The first kappa shape index (κ1) is 12.7. The van der Waals surface area contributed by atoms with Gasteiger partial charge in [-0.3, -0.25) is 9.69 Å². The molecule has 4 rings (SSSR count). The van der Waals surface area contributed by atoms with Crippen molar-refractivity contribution in [1.82, 2.24) is 0 Å². The lowest BCUT2D eigenvalue weighted by Gasteiger charge is -2.36. The fraction of sp³-hybridized carbons (Fsp3) is 0.0556. The van der Waals surface area contributed by atoms with Gasteiger partial charge >= 0.3 is 0 Å². The molecule has 0 spiro atoms. The molecule has 1 atom stereocenters. The molecule has 0 bridgehead atoms. The van der Waals surface area contributed by atoms with Gasteiger partial charge in [-0.25, -0.2) is 0 Å². The molecule has 0 saturated heterocycles. The highest BCUT2D eigenvalue weighted by atomic mass is 16.3. The minimum absolute atomic E-state index is 0.0399. The highest BCUT2D eigenvalue weighted by Gasteiger charge is 2.35. The molecular weight excluding hydrogens is 276 g/mol. The Kier molecular flexibility index (Phi) is 2.93. The van der Waals surface area contributed by atoms with Crippen molar-refractivity contribution in [3.05, 3.63) is 84.3 Å². The molecule has 2 aromatic carbocycles. The highest BCUT2D eigenvalue weighted by molar-refractivity contribution is 6.12. The zero-order valence-corrected chi connectivity index (χ0v) is 11.8. The first-order chi connectivity index (χ1) is 10.8. The predicted octanol–water partition coefficient (Wildman–Crippen LogP) is 4.05. The van der Waals surface area contributed by atoms with Crippen LogP contribution in [0.5, 0.6) is 0 Å². The molecule has 0 unspecified atom stereocenters. The molecule has 1 aliphatic heterocycles. The van der Waals surface area contributed by atoms with Gasteiger partial charge in [0, 0.05) is 11.4 Å². The summed E-state index contributed by atoms with van der Waals surface area (Å²) in [5.74, 6) is 0.661. The van der Waals surface area contributed by atoms with Gasteiger partial charge < -0.3 is 9.73 Å². The van der Waals surface area contributed by atoms with Gasteiger partial charge in [0.1, 0.15) is 5.76 Å². The Labute approximate surface area is 128 Å². The number of fused-ring (bicyclic) bond motifs is 1. The second-order valence-electron chi connectivity index (χ2n) is 5.12. The van der Waals surface area contributed by atoms with Crippen LogP contribution in [0, 0.1) is 0 Å². The third-order valence-electron chi connectivity index (χ3n) is 3.77. The molecule has 0 fully saturated rings. The van der Waals surface area contributed by atoms with Crippen LogP contribution in [0.15, 0.2) is 77.4 Å². The minimum atomic E-state index is -0.361. The molecule has 108 valence electrons. The number of anilines is 2. The van der Waals surface area contributed by atoms with E-state index in [1.807, 2.05) is 66.7 Å². The maximum atomic E-state index is 13.0. The quantitative estimate of drug-likeness (QED) is 0.774. The Hall–Kier alpha value is -3.01. The van der Waals surface area contributed by atoms with Crippen molar-refractivity contribution < 1.29 is 9.21 Å². The van der Waals surface area contributed by atoms with E-state index in [0.29, 0.717) is 11.3 Å². The molecule has 3 aromatic rings. The number of hydrogen-bond acceptors (Lipinski definition) is 3. The standard InChI is InChI=1S/C18H14N2O2/c21-18-14-9-4-5-10-15(14)19-17(16-11-6-12-22-16)20(18)13-7-2-1-3-8-13/h1-12,17,19H/t17-/m0/s1. The number of para-hydroxylation sites is 2. The molecule has 22 heavy (non-hydrogen) atoms. The normalized spacial score (nSPS) is 17.0. The van der Waals surface area contributed by atoms with E-state index < -0.39 is 0 Å². The number of nitrogens with one attached hydrogen (secondary N) is 1. The van der Waals surface area contributed by atoms with Gasteiger partial charge in [-0.15, -0.1) is 0 Å². The van der Waals surface area contributed by atoms with E-state index in [1.165, 1.54) is 0 Å². The molecule has 1 aromatic heterocycles. The summed E-state index contributed by atoms with van der Waals surface area (Å²) in [7, 11) is 0. The van der Waals surface area contributed by atoms with E-state index in [0.717, 1.165) is 11.4 Å². The summed E-state index contributed by atoms with van der Waals surface area (Å²) in [6.45, 7) is 0. The van der Waals surface area contributed by atoms with Gasteiger partial charge in [0.2, 0.25) is 0 Å². The van der Waals surface area contributed by atoms with Gasteiger partial charge in [-0.2, -0.15) is 0 Å². The molecule has 0 radical (unpaired) electrons. The van der Waals surface area contributed by atoms with Crippen molar-refractivity contribution in [3.8, 4) is 0 Å². The van der Waals surface area contributed by atoms with E-state index in [4.69, 9.17) is 4.42 Å². The van der Waals surface area contributed by atoms with E-state index >= 15 is 0 Å². The summed E-state index contributed by atoms with van der Waals surface area (Å²) >= 11 is 0. The number of amides is 1. The van der Waals surface area contributed by atoms with Crippen LogP contribution >= 0.6 is 0 Å². The fourth-order valence-electron chi connectivity index (χ4n) is 2.75. The SMILES string of the molecule is O=C1c2ccccc2N[C@H](c2ccco2)N1c1ccccc1. The first-order valence-electron chi connectivity index (χ1n) is 7.12. The molecule has 1 aliphatic rings. The van der Waals surface area contributed by atoms with Crippen LogP contribution in [0.3, 0.4) is 0 Å². The number of carbonyl (C=O) groups is 1. The van der Waals surface area contributed by atoms with Gasteiger partial charge in [0.25, 0.3) is 5.91 Å². The topological polar surface area (TPSA) is 45.5 Å². The lowest BCUT2D eigenvalue weighted by molar-refractivity contribution is 0.0972. The molecule has 1 N–H and O–H groups in total. The van der Waals surface area contributed by atoms with Crippen LogP contribution in [0.2, 0.25) is 0 Å². The summed E-state index contributed by atoms with van der Waals surface area (Å²) in [5, 5.41) is 3.39. The van der Waals surface area contributed by atoms with E-state index in [1.54, 1.807) is 11.2 Å². The van der Waals surface area contributed by atoms with Crippen molar-refractivity contribution in [3.63, 3.8) is 0 Å². The van der Waals surface area contributed by atoms with Crippen LogP contribution < -0.4 is 10.2 Å². The van der Waals surface area contributed by atoms with Crippen molar-refractivity contribution in [1.29, 1.82) is 0 Å². The van der Waals surface area contributed by atoms with Crippen molar-refractivity contribution in [2.75, 3.05) is 10.2 Å². The van der Waals surface area contributed by atoms with Gasteiger partial charge in [-0.05, 0) is 36.4 Å². The minimum Gasteiger partial charge on any atom is -0.465 e. The van der Waals surface area contributed by atoms with Gasteiger partial charge in [0.05, 0.1) is 11.8 Å². The zero-order valence-electron chi connectivity index (χ0n) is 11.8. The number of benzene rings is 2. The van der Waals surface area contributed by atoms with Crippen LogP contribution in [0.25, 0.3) is 0 Å². The van der Waals surface area contributed by atoms with Gasteiger partial charge in [0.15, 0.2) is 6.17 Å². The molecule has 4 nitrogen and oxygen atoms in total. The van der Waals surface area contributed by atoms with Gasteiger partial charge in [-0.1, -0.05) is 30.3 Å². The summed E-state index contributed by atoms with van der Waals surface area (Å²) in [6, 6.07) is 20.8. The molecular formula is C18H14N2O2. The summed E-state index contributed by atoms with van der Waals surface area (Å²) in [6.07, 6.45) is 1.25. The fourth-order valence-corrected chi connectivity index (χ4v) is 2.75. The van der Waals surface area contributed by atoms with E-state index in [2.05, 4.69) is 5.32 Å². The second kappa shape index (κ2) is 5.07. The van der Waals surface area contributed by atoms with Crippen LogP contribution in [-0.2, 0) is 0 Å². The van der Waals surface area contributed by atoms with Crippen LogP contribution in [-0.4, -0.2) is 5.91 Å². The molecule has 4 heteroatoms. The van der Waals surface area contributed by atoms with Crippen molar-refractivity contribution in [2.24, 2.45) is 0 Å². The lowest BCUT2D eigenvalue weighted by atomic mass is 10.1. The number of rotatable bonds is 2.